The van der Waals surface area contributed by atoms with E-state index in [4.69, 9.17) is 28.1 Å². The van der Waals surface area contributed by atoms with Gasteiger partial charge >= 0.3 is 0 Å². The molecule has 264 valence electrons. The van der Waals surface area contributed by atoms with Gasteiger partial charge in [0.15, 0.2) is 5.58 Å². The molecule has 49 heavy (non-hydrogen) atoms. The number of carbonyl (C=O) groups excluding carboxylic acids is 2. The van der Waals surface area contributed by atoms with Crippen molar-refractivity contribution in [3.05, 3.63) is 64.7 Å². The lowest BCUT2D eigenvalue weighted by molar-refractivity contribution is -0.121. The van der Waals surface area contributed by atoms with Crippen molar-refractivity contribution in [2.45, 2.75) is 26.7 Å². The molecule has 1 aromatic carbocycles. The number of carbonyl (C=O) groups is 2. The van der Waals surface area contributed by atoms with E-state index in [1.54, 1.807) is 43.4 Å². The SMILES string of the molecule is CC(C)CCC(=O)NCCOCCOCCOCCOCCOc1ccc(C(=O)Nc2ccc3oc(-c4ccc(=O)n(C)n4)nc3c2)nc1. The third kappa shape index (κ3) is 13.0. The van der Waals surface area contributed by atoms with Crippen LogP contribution in [0.15, 0.2) is 57.9 Å². The molecule has 0 radical (unpaired) electrons. The zero-order chi connectivity index (χ0) is 34.8. The monoisotopic (exact) mass is 680 g/mol. The summed E-state index contributed by atoms with van der Waals surface area (Å²) in [4.78, 5) is 44.6. The number of oxazole rings is 1. The van der Waals surface area contributed by atoms with Crippen LogP contribution in [0.5, 0.6) is 5.75 Å². The van der Waals surface area contributed by atoms with E-state index in [9.17, 15) is 14.4 Å². The van der Waals surface area contributed by atoms with Crippen molar-refractivity contribution in [1.82, 2.24) is 25.1 Å². The van der Waals surface area contributed by atoms with E-state index < -0.39 is 5.91 Å². The van der Waals surface area contributed by atoms with E-state index in [-0.39, 0.29) is 23.1 Å². The Morgan fingerprint density at radius 3 is 2.22 bits per heavy atom. The molecule has 15 nitrogen and oxygen atoms in total. The van der Waals surface area contributed by atoms with Gasteiger partial charge in [-0.25, -0.2) is 14.6 Å². The minimum atomic E-state index is -0.397. The molecule has 0 saturated carbocycles. The molecule has 2 N–H and O–H groups in total. The van der Waals surface area contributed by atoms with E-state index in [1.807, 2.05) is 0 Å². The molecule has 3 aromatic heterocycles. The lowest BCUT2D eigenvalue weighted by Gasteiger charge is -2.09. The van der Waals surface area contributed by atoms with Gasteiger partial charge in [-0.15, -0.1) is 0 Å². The largest absolute Gasteiger partial charge is 0.490 e. The van der Waals surface area contributed by atoms with Gasteiger partial charge in [0.2, 0.25) is 11.8 Å². The molecular weight excluding hydrogens is 636 g/mol. The summed E-state index contributed by atoms with van der Waals surface area (Å²) in [5.74, 6) is 0.949. The molecule has 15 heteroatoms. The lowest BCUT2D eigenvalue weighted by Crippen LogP contribution is -2.27. The van der Waals surface area contributed by atoms with Crippen LogP contribution >= 0.6 is 0 Å². The van der Waals surface area contributed by atoms with E-state index in [2.05, 4.69) is 39.5 Å². The molecule has 4 aromatic rings. The zero-order valence-electron chi connectivity index (χ0n) is 28.1. The molecule has 0 aliphatic rings. The Balaban J connectivity index is 1.01. The van der Waals surface area contributed by atoms with Crippen molar-refractivity contribution in [3.63, 3.8) is 0 Å². The molecule has 0 bridgehead atoms. The van der Waals surface area contributed by atoms with Crippen LogP contribution < -0.4 is 20.9 Å². The number of aryl methyl sites for hydroxylation is 1. The van der Waals surface area contributed by atoms with Crippen LogP contribution in [0.4, 0.5) is 5.69 Å². The number of aromatic nitrogens is 4. The number of anilines is 1. The summed E-state index contributed by atoms with van der Waals surface area (Å²) in [7, 11) is 1.55. The highest BCUT2D eigenvalue weighted by Crippen LogP contribution is 2.25. The van der Waals surface area contributed by atoms with Crippen molar-refractivity contribution >= 4 is 28.6 Å². The standard InChI is InChI=1S/C34H44N6O9/c1-24(2)4-10-31(41)35-12-13-44-14-15-45-16-17-46-18-19-47-20-21-48-26-6-7-27(36-23-26)33(43)37-25-5-9-30-29(22-25)38-34(49-30)28-8-11-32(42)40(3)39-28/h5-9,11,22-24H,4,10,12-21H2,1-3H3,(H,35,41)(H,37,43). The summed E-state index contributed by atoms with van der Waals surface area (Å²) < 4.78 is 34.5. The number of rotatable bonds is 22. The van der Waals surface area contributed by atoms with Gasteiger partial charge in [0.05, 0.1) is 59.1 Å². The minimum Gasteiger partial charge on any atom is -0.490 e. The number of nitrogens with zero attached hydrogens (tertiary/aromatic N) is 4. The molecule has 0 aliphatic carbocycles. The topological polar surface area (TPSA) is 178 Å². The van der Waals surface area contributed by atoms with Gasteiger partial charge in [0.25, 0.3) is 11.5 Å². The van der Waals surface area contributed by atoms with Crippen molar-refractivity contribution in [2.24, 2.45) is 13.0 Å². The first-order chi connectivity index (χ1) is 23.8. The first-order valence-corrected chi connectivity index (χ1v) is 16.2. The number of amides is 2. The van der Waals surface area contributed by atoms with Crippen LogP contribution in [0.25, 0.3) is 22.7 Å². The quantitative estimate of drug-likeness (QED) is 0.116. The molecule has 0 saturated heterocycles. The molecule has 4 rings (SSSR count). The van der Waals surface area contributed by atoms with E-state index in [0.29, 0.717) is 107 Å². The maximum Gasteiger partial charge on any atom is 0.274 e. The minimum absolute atomic E-state index is 0.0596. The van der Waals surface area contributed by atoms with E-state index >= 15 is 0 Å². The average Bonchev–Trinajstić information content (AvgIpc) is 3.52. The van der Waals surface area contributed by atoms with Crippen LogP contribution in [-0.4, -0.2) is 97.6 Å². The van der Waals surface area contributed by atoms with Crippen LogP contribution in [-0.2, 0) is 30.8 Å². The number of nitrogens with one attached hydrogen (secondary N) is 2. The fraction of sp³-hybridized carbons (Fsp3) is 0.471. The second-order valence-corrected chi connectivity index (χ2v) is 11.3. The molecule has 0 spiro atoms. The van der Waals surface area contributed by atoms with Gasteiger partial charge in [-0.2, -0.15) is 5.10 Å². The normalized spacial score (nSPS) is 11.3. The van der Waals surface area contributed by atoms with E-state index in [1.165, 1.54) is 16.9 Å². The van der Waals surface area contributed by atoms with E-state index in [0.717, 1.165) is 6.42 Å². The molecule has 0 atom stereocenters. The number of hydrogen-bond donors (Lipinski definition) is 2. The summed E-state index contributed by atoms with van der Waals surface area (Å²) in [5.41, 5.74) is 1.93. The van der Waals surface area contributed by atoms with Gasteiger partial charge in [-0.1, -0.05) is 13.8 Å². The van der Waals surface area contributed by atoms with Crippen LogP contribution in [0.1, 0.15) is 37.2 Å². The maximum absolute atomic E-state index is 12.8. The highest BCUT2D eigenvalue weighted by Gasteiger charge is 2.13. The summed E-state index contributed by atoms with van der Waals surface area (Å²) in [5, 5.41) is 9.80. The Morgan fingerprint density at radius 1 is 0.878 bits per heavy atom. The van der Waals surface area contributed by atoms with Gasteiger partial charge in [0.1, 0.15) is 29.3 Å². The van der Waals surface area contributed by atoms with Gasteiger partial charge in [-0.3, -0.25) is 14.4 Å². The molecule has 2 amide bonds. The smallest absolute Gasteiger partial charge is 0.274 e. The molecule has 3 heterocycles. The average molecular weight is 681 g/mol. The zero-order valence-corrected chi connectivity index (χ0v) is 28.1. The number of benzene rings is 1. The fourth-order valence-electron chi connectivity index (χ4n) is 4.28. The summed E-state index contributed by atoms with van der Waals surface area (Å²) in [6, 6.07) is 11.2. The van der Waals surface area contributed by atoms with Gasteiger partial charge in [-0.05, 0) is 48.7 Å². The van der Waals surface area contributed by atoms with Gasteiger partial charge in [0, 0.05) is 31.8 Å². The number of ether oxygens (including phenoxy) is 5. The Bertz CT molecular complexity index is 1670. The molecule has 0 aliphatic heterocycles. The second kappa shape index (κ2) is 20.0. The van der Waals surface area contributed by atoms with Gasteiger partial charge < -0.3 is 38.7 Å². The molecular formula is C34H44N6O9. The maximum atomic E-state index is 12.8. The highest BCUT2D eigenvalue weighted by molar-refractivity contribution is 6.03. The number of fused-ring (bicyclic) bond motifs is 1. The predicted octanol–water partition coefficient (Wildman–Crippen LogP) is 3.23. The molecule has 0 fully saturated rings. The lowest BCUT2D eigenvalue weighted by atomic mass is 10.1. The van der Waals surface area contributed by atoms with Crippen molar-refractivity contribution in [3.8, 4) is 17.3 Å². The Hall–Kier alpha value is -4.70. The fourth-order valence-corrected chi connectivity index (χ4v) is 4.28. The predicted molar refractivity (Wildman–Crippen MR) is 181 cm³/mol. The van der Waals surface area contributed by atoms with Crippen molar-refractivity contribution in [1.29, 1.82) is 0 Å². The summed E-state index contributed by atoms with van der Waals surface area (Å²) in [6.07, 6.45) is 2.91. The highest BCUT2D eigenvalue weighted by atomic mass is 16.6. The Labute approximate surface area is 284 Å². The Kier molecular flexibility index (Phi) is 15.1. The van der Waals surface area contributed by atoms with Crippen LogP contribution in [0.3, 0.4) is 0 Å². The first-order valence-electron chi connectivity index (χ1n) is 16.2. The van der Waals surface area contributed by atoms with Crippen molar-refractivity contribution in [2.75, 3.05) is 71.3 Å². The first kappa shape index (κ1) is 37.1. The summed E-state index contributed by atoms with van der Waals surface area (Å²) >= 11 is 0. The summed E-state index contributed by atoms with van der Waals surface area (Å²) in [6.45, 7) is 8.49. The number of pyridine rings is 1. The van der Waals surface area contributed by atoms with Crippen LogP contribution in [0, 0.1) is 5.92 Å². The second-order valence-electron chi connectivity index (χ2n) is 11.3. The number of hydrogen-bond acceptors (Lipinski definition) is 12. The molecule has 0 unspecified atom stereocenters. The van der Waals surface area contributed by atoms with Crippen LogP contribution in [0.2, 0.25) is 0 Å². The third-order valence-corrected chi connectivity index (χ3v) is 6.92. The van der Waals surface area contributed by atoms with Crippen molar-refractivity contribution < 1.29 is 37.7 Å². The third-order valence-electron chi connectivity index (χ3n) is 6.92. The Morgan fingerprint density at radius 2 is 1.57 bits per heavy atom.